The fourth-order valence-electron chi connectivity index (χ4n) is 2.39. The summed E-state index contributed by atoms with van der Waals surface area (Å²) in [6.07, 6.45) is 1.89. The molecule has 1 nitrogen and oxygen atoms in total. The Bertz CT molecular complexity index is 568. The highest BCUT2D eigenvalue weighted by molar-refractivity contribution is 6.46. The molecule has 0 spiro atoms. The van der Waals surface area contributed by atoms with Crippen molar-refractivity contribution in [2.75, 3.05) is 5.73 Å². The minimum absolute atomic E-state index is 0.436. The molecule has 0 heterocycles. The summed E-state index contributed by atoms with van der Waals surface area (Å²) in [5.41, 5.74) is 11.3. The first-order chi connectivity index (χ1) is 8.91. The molecule has 102 valence electrons. The molecule has 0 bridgehead atoms. The highest BCUT2D eigenvalue weighted by Gasteiger charge is 2.22. The molecule has 3 heteroatoms. The van der Waals surface area contributed by atoms with E-state index in [0.717, 1.165) is 40.3 Å². The van der Waals surface area contributed by atoms with Gasteiger partial charge in [0.15, 0.2) is 0 Å². The molecule has 1 aromatic rings. The molecule has 0 saturated heterocycles. The monoisotopic (exact) mass is 295 g/mol. The number of hydrogen-bond donors (Lipinski definition) is 1. The lowest BCUT2D eigenvalue weighted by Crippen LogP contribution is -2.05. The predicted molar refractivity (Wildman–Crippen MR) is 85.3 cm³/mol. The van der Waals surface area contributed by atoms with Gasteiger partial charge in [0.1, 0.15) is 0 Å². The Kier molecular flexibility index (Phi) is 4.27. The second-order valence-electron chi connectivity index (χ2n) is 5.36. The van der Waals surface area contributed by atoms with E-state index < -0.39 is 0 Å². The summed E-state index contributed by atoms with van der Waals surface area (Å²) in [7, 11) is 0. The van der Waals surface area contributed by atoms with Gasteiger partial charge < -0.3 is 5.73 Å². The van der Waals surface area contributed by atoms with Gasteiger partial charge in [-0.25, -0.2) is 0 Å². The number of anilines is 1. The van der Waals surface area contributed by atoms with Gasteiger partial charge in [-0.05, 0) is 54.0 Å². The predicted octanol–water partition coefficient (Wildman–Crippen LogP) is 5.47. The molecule has 1 aliphatic carbocycles. The number of hydrogen-bond acceptors (Lipinski definition) is 1. The van der Waals surface area contributed by atoms with Crippen molar-refractivity contribution in [2.45, 2.75) is 33.6 Å². The zero-order chi connectivity index (χ0) is 14.2. The second kappa shape index (κ2) is 5.60. The van der Waals surface area contributed by atoms with E-state index in [-0.39, 0.29) is 0 Å². The lowest BCUT2D eigenvalue weighted by atomic mass is 9.87. The van der Waals surface area contributed by atoms with Crippen LogP contribution in [0.15, 0.2) is 33.8 Å². The van der Waals surface area contributed by atoms with Gasteiger partial charge in [-0.15, -0.1) is 0 Å². The number of aryl methyl sites for hydroxylation is 1. The zero-order valence-corrected chi connectivity index (χ0v) is 13.1. The average molecular weight is 296 g/mol. The Labute approximate surface area is 125 Å². The van der Waals surface area contributed by atoms with Crippen LogP contribution in [0.25, 0.3) is 5.57 Å². The van der Waals surface area contributed by atoms with Crippen molar-refractivity contribution >= 4 is 34.5 Å². The quantitative estimate of drug-likeness (QED) is 0.719. The number of allylic oxidation sites excluding steroid dienone is 4. The molecule has 0 fully saturated rings. The fourth-order valence-corrected chi connectivity index (χ4v) is 3.15. The highest BCUT2D eigenvalue weighted by atomic mass is 35.5. The molecule has 2 N–H and O–H groups in total. The third-order valence-electron chi connectivity index (χ3n) is 3.71. The molecule has 0 aliphatic heterocycles. The Hall–Kier alpha value is -0.920. The SMILES string of the molecule is Cc1ccc(C2=C(Cl)C(Cl)=C(C(C)C)CC2)cc1N. The average Bonchev–Trinajstić information content (AvgIpc) is 2.36. The van der Waals surface area contributed by atoms with Crippen molar-refractivity contribution in [1.29, 1.82) is 0 Å². The van der Waals surface area contributed by atoms with Crippen molar-refractivity contribution in [3.8, 4) is 0 Å². The van der Waals surface area contributed by atoms with Gasteiger partial charge in [0.05, 0.1) is 10.1 Å². The van der Waals surface area contributed by atoms with E-state index in [1.54, 1.807) is 0 Å². The van der Waals surface area contributed by atoms with Crippen LogP contribution in [0.1, 0.15) is 37.8 Å². The van der Waals surface area contributed by atoms with Gasteiger partial charge in [-0.1, -0.05) is 49.2 Å². The molecular weight excluding hydrogens is 277 g/mol. The summed E-state index contributed by atoms with van der Waals surface area (Å²) in [6, 6.07) is 6.07. The van der Waals surface area contributed by atoms with Gasteiger partial charge in [0, 0.05) is 5.69 Å². The summed E-state index contributed by atoms with van der Waals surface area (Å²) in [6.45, 7) is 6.30. The lowest BCUT2D eigenvalue weighted by molar-refractivity contribution is 0.709. The van der Waals surface area contributed by atoms with Gasteiger partial charge >= 0.3 is 0 Å². The maximum Gasteiger partial charge on any atom is 0.0630 e. The van der Waals surface area contributed by atoms with E-state index in [1.165, 1.54) is 5.57 Å². The minimum Gasteiger partial charge on any atom is -0.398 e. The minimum atomic E-state index is 0.436. The molecule has 0 saturated carbocycles. The molecule has 1 aromatic carbocycles. The first-order valence-electron chi connectivity index (χ1n) is 6.56. The molecule has 19 heavy (non-hydrogen) atoms. The molecule has 0 amide bonds. The van der Waals surface area contributed by atoms with Crippen molar-refractivity contribution in [2.24, 2.45) is 5.92 Å². The Morgan fingerprint density at radius 2 is 1.79 bits per heavy atom. The maximum atomic E-state index is 6.45. The number of nitrogens with two attached hydrogens (primary N) is 1. The second-order valence-corrected chi connectivity index (χ2v) is 6.11. The van der Waals surface area contributed by atoms with Crippen LogP contribution in [0.2, 0.25) is 0 Å². The standard InChI is InChI=1S/C16H19Cl2N/c1-9(2)12-6-7-13(16(18)15(12)17)11-5-4-10(3)14(19)8-11/h4-5,8-9H,6-7,19H2,1-3H3. The summed E-state index contributed by atoms with van der Waals surface area (Å²) < 4.78 is 0. The molecular formula is C16H19Cl2N. The number of benzene rings is 1. The van der Waals surface area contributed by atoms with E-state index in [1.807, 2.05) is 19.1 Å². The van der Waals surface area contributed by atoms with Crippen molar-refractivity contribution in [3.63, 3.8) is 0 Å². The van der Waals surface area contributed by atoms with Crippen LogP contribution in [0, 0.1) is 12.8 Å². The summed E-state index contributed by atoms with van der Waals surface area (Å²) in [5, 5.41) is 1.40. The van der Waals surface area contributed by atoms with Gasteiger partial charge in [-0.3, -0.25) is 0 Å². The molecule has 0 radical (unpaired) electrons. The van der Waals surface area contributed by atoms with E-state index in [0.29, 0.717) is 11.0 Å². The van der Waals surface area contributed by atoms with Crippen LogP contribution in [0.3, 0.4) is 0 Å². The Balaban J connectivity index is 2.48. The fraction of sp³-hybridized carbons (Fsp3) is 0.375. The van der Waals surface area contributed by atoms with Crippen molar-refractivity contribution < 1.29 is 0 Å². The first-order valence-corrected chi connectivity index (χ1v) is 7.31. The van der Waals surface area contributed by atoms with E-state index >= 15 is 0 Å². The van der Waals surface area contributed by atoms with Crippen LogP contribution >= 0.6 is 23.2 Å². The number of nitrogen functional groups attached to an aromatic ring is 1. The van der Waals surface area contributed by atoms with Crippen LogP contribution in [-0.4, -0.2) is 0 Å². The summed E-state index contributed by atoms with van der Waals surface area (Å²) in [4.78, 5) is 0. The normalized spacial score (nSPS) is 16.5. The number of rotatable bonds is 2. The van der Waals surface area contributed by atoms with E-state index in [2.05, 4.69) is 19.9 Å². The Morgan fingerprint density at radius 3 is 2.37 bits per heavy atom. The van der Waals surface area contributed by atoms with Crippen LogP contribution in [-0.2, 0) is 0 Å². The van der Waals surface area contributed by atoms with Gasteiger partial charge in [0.2, 0.25) is 0 Å². The van der Waals surface area contributed by atoms with Crippen LogP contribution < -0.4 is 5.73 Å². The molecule has 1 aliphatic rings. The van der Waals surface area contributed by atoms with Gasteiger partial charge in [0.25, 0.3) is 0 Å². The number of halogens is 2. The van der Waals surface area contributed by atoms with Crippen LogP contribution in [0.5, 0.6) is 0 Å². The van der Waals surface area contributed by atoms with Crippen molar-refractivity contribution in [1.82, 2.24) is 0 Å². The summed E-state index contributed by atoms with van der Waals surface area (Å²) in [5.74, 6) is 0.436. The highest BCUT2D eigenvalue weighted by Crippen LogP contribution is 2.42. The lowest BCUT2D eigenvalue weighted by Gasteiger charge is -2.23. The van der Waals surface area contributed by atoms with E-state index in [9.17, 15) is 0 Å². The molecule has 0 unspecified atom stereocenters. The Morgan fingerprint density at radius 1 is 1.11 bits per heavy atom. The smallest absolute Gasteiger partial charge is 0.0630 e. The largest absolute Gasteiger partial charge is 0.398 e. The summed E-state index contributed by atoms with van der Waals surface area (Å²) >= 11 is 12.8. The topological polar surface area (TPSA) is 26.0 Å². The third kappa shape index (κ3) is 2.82. The molecule has 0 aromatic heterocycles. The van der Waals surface area contributed by atoms with Crippen molar-refractivity contribution in [3.05, 3.63) is 45.0 Å². The zero-order valence-electron chi connectivity index (χ0n) is 11.6. The maximum absolute atomic E-state index is 6.45. The third-order valence-corrected chi connectivity index (χ3v) is 4.65. The molecule has 0 atom stereocenters. The van der Waals surface area contributed by atoms with E-state index in [4.69, 9.17) is 28.9 Å². The first kappa shape index (κ1) is 14.5. The van der Waals surface area contributed by atoms with Crippen LogP contribution in [0.4, 0.5) is 5.69 Å². The molecule has 2 rings (SSSR count). The van der Waals surface area contributed by atoms with Gasteiger partial charge in [-0.2, -0.15) is 0 Å².